The highest BCUT2D eigenvalue weighted by molar-refractivity contribution is 5.80. The van der Waals surface area contributed by atoms with Crippen LogP contribution in [0.5, 0.6) is 0 Å². The van der Waals surface area contributed by atoms with Gasteiger partial charge in [0.25, 0.3) is 0 Å². The van der Waals surface area contributed by atoms with E-state index in [1.54, 1.807) is 0 Å². The molecule has 1 amide bonds. The van der Waals surface area contributed by atoms with Gasteiger partial charge in [-0.15, -0.1) is 0 Å². The summed E-state index contributed by atoms with van der Waals surface area (Å²) in [6, 6.07) is 9.66. The summed E-state index contributed by atoms with van der Waals surface area (Å²) in [7, 11) is 0. The number of rotatable bonds is 5. The average molecular weight is 248 g/mol. The van der Waals surface area contributed by atoms with Crippen LogP contribution in [-0.4, -0.2) is 30.2 Å². The second-order valence-electron chi connectivity index (χ2n) is 4.86. The van der Waals surface area contributed by atoms with Crippen molar-refractivity contribution in [3.05, 3.63) is 30.3 Å². The quantitative estimate of drug-likeness (QED) is 0.737. The zero-order valence-corrected chi connectivity index (χ0v) is 10.4. The molecule has 4 heteroatoms. The number of anilines is 1. The highest BCUT2D eigenvalue weighted by Gasteiger charge is 2.22. The van der Waals surface area contributed by atoms with Gasteiger partial charge in [-0.1, -0.05) is 18.2 Å². The normalized spacial score (nSPS) is 22.7. The van der Waals surface area contributed by atoms with E-state index < -0.39 is 0 Å². The summed E-state index contributed by atoms with van der Waals surface area (Å²) in [4.78, 5) is 11.6. The second kappa shape index (κ2) is 6.40. The summed E-state index contributed by atoms with van der Waals surface area (Å²) in [5.74, 6) is 0.431. The van der Waals surface area contributed by atoms with Crippen LogP contribution < -0.4 is 10.6 Å². The first-order valence-corrected chi connectivity index (χ1v) is 6.47. The van der Waals surface area contributed by atoms with Gasteiger partial charge in [-0.2, -0.15) is 0 Å². The maximum Gasteiger partial charge on any atom is 0.239 e. The molecule has 1 fully saturated rings. The van der Waals surface area contributed by atoms with Gasteiger partial charge >= 0.3 is 0 Å². The fourth-order valence-electron chi connectivity index (χ4n) is 2.29. The van der Waals surface area contributed by atoms with E-state index in [-0.39, 0.29) is 12.0 Å². The molecule has 18 heavy (non-hydrogen) atoms. The van der Waals surface area contributed by atoms with E-state index in [1.807, 2.05) is 30.3 Å². The smallest absolute Gasteiger partial charge is 0.239 e. The van der Waals surface area contributed by atoms with Crippen LogP contribution in [0.25, 0.3) is 0 Å². The van der Waals surface area contributed by atoms with E-state index in [4.69, 9.17) is 0 Å². The highest BCUT2D eigenvalue weighted by atomic mass is 16.3. The first kappa shape index (κ1) is 12.9. The van der Waals surface area contributed by atoms with Crippen LogP contribution in [0, 0.1) is 5.92 Å². The summed E-state index contributed by atoms with van der Waals surface area (Å²) in [6.45, 7) is 0.964. The molecule has 2 unspecified atom stereocenters. The Morgan fingerprint density at radius 3 is 2.72 bits per heavy atom. The van der Waals surface area contributed by atoms with Crippen molar-refractivity contribution in [2.24, 2.45) is 5.92 Å². The molecule has 0 bridgehead atoms. The number of carbonyl (C=O) groups is 1. The molecule has 1 aliphatic rings. The molecule has 4 nitrogen and oxygen atoms in total. The van der Waals surface area contributed by atoms with Crippen LogP contribution in [0.4, 0.5) is 5.69 Å². The van der Waals surface area contributed by atoms with Gasteiger partial charge in [0.1, 0.15) is 0 Å². The standard InChI is InChI=1S/C14H20N2O2/c17-13-7-6-11(8-13)9-16-14(18)10-15-12-4-2-1-3-5-12/h1-5,11,13,15,17H,6-10H2,(H,16,18). The summed E-state index contributed by atoms with van der Waals surface area (Å²) in [6.07, 6.45) is 2.51. The van der Waals surface area contributed by atoms with Gasteiger partial charge < -0.3 is 15.7 Å². The molecule has 0 heterocycles. The number of hydrogen-bond donors (Lipinski definition) is 3. The first-order chi connectivity index (χ1) is 8.74. The second-order valence-corrected chi connectivity index (χ2v) is 4.86. The Kier molecular flexibility index (Phi) is 4.59. The molecular weight excluding hydrogens is 228 g/mol. The van der Waals surface area contributed by atoms with Crippen molar-refractivity contribution in [1.82, 2.24) is 5.32 Å². The molecule has 0 saturated heterocycles. The van der Waals surface area contributed by atoms with Gasteiger partial charge in [0, 0.05) is 12.2 Å². The van der Waals surface area contributed by atoms with E-state index in [1.165, 1.54) is 0 Å². The molecule has 0 spiro atoms. The molecule has 98 valence electrons. The van der Waals surface area contributed by atoms with Gasteiger partial charge in [0.2, 0.25) is 5.91 Å². The molecule has 2 atom stereocenters. The topological polar surface area (TPSA) is 61.4 Å². The minimum atomic E-state index is -0.172. The number of aliphatic hydroxyl groups is 1. The van der Waals surface area contributed by atoms with E-state index in [9.17, 15) is 9.90 Å². The van der Waals surface area contributed by atoms with Crippen LogP contribution in [-0.2, 0) is 4.79 Å². The fourth-order valence-corrected chi connectivity index (χ4v) is 2.29. The summed E-state index contributed by atoms with van der Waals surface area (Å²) in [5, 5.41) is 15.4. The van der Waals surface area contributed by atoms with Crippen LogP contribution in [0.2, 0.25) is 0 Å². The van der Waals surface area contributed by atoms with Crippen LogP contribution in [0.15, 0.2) is 30.3 Å². The summed E-state index contributed by atoms with van der Waals surface area (Å²) in [5.41, 5.74) is 0.948. The lowest BCUT2D eigenvalue weighted by Crippen LogP contribution is -2.33. The van der Waals surface area contributed by atoms with Crippen molar-refractivity contribution in [1.29, 1.82) is 0 Å². The van der Waals surface area contributed by atoms with Gasteiger partial charge in [0.15, 0.2) is 0 Å². The van der Waals surface area contributed by atoms with E-state index in [2.05, 4.69) is 10.6 Å². The van der Waals surface area contributed by atoms with Gasteiger partial charge in [-0.05, 0) is 37.3 Å². The predicted molar refractivity (Wildman–Crippen MR) is 71.3 cm³/mol. The monoisotopic (exact) mass is 248 g/mol. The lowest BCUT2D eigenvalue weighted by atomic mass is 10.1. The molecule has 0 aromatic heterocycles. The number of carbonyl (C=O) groups excluding carboxylic acids is 1. The number of benzene rings is 1. The number of aliphatic hydroxyl groups excluding tert-OH is 1. The summed E-state index contributed by atoms with van der Waals surface area (Å²) >= 11 is 0. The lowest BCUT2D eigenvalue weighted by molar-refractivity contribution is -0.119. The number of hydrogen-bond acceptors (Lipinski definition) is 3. The lowest BCUT2D eigenvalue weighted by Gasteiger charge is -2.11. The fraction of sp³-hybridized carbons (Fsp3) is 0.500. The van der Waals surface area contributed by atoms with E-state index in [0.717, 1.165) is 24.9 Å². The molecular formula is C14H20N2O2. The van der Waals surface area contributed by atoms with E-state index >= 15 is 0 Å². The highest BCUT2D eigenvalue weighted by Crippen LogP contribution is 2.24. The Bertz CT molecular complexity index is 381. The van der Waals surface area contributed by atoms with Gasteiger partial charge in [0.05, 0.1) is 12.6 Å². The minimum Gasteiger partial charge on any atom is -0.393 e. The third kappa shape index (κ3) is 4.04. The molecule has 1 saturated carbocycles. The Balaban J connectivity index is 1.63. The maximum atomic E-state index is 11.6. The average Bonchev–Trinajstić information content (AvgIpc) is 2.81. The number of nitrogens with one attached hydrogen (secondary N) is 2. The number of amides is 1. The predicted octanol–water partition coefficient (Wildman–Crippen LogP) is 1.38. The molecule has 1 aliphatic carbocycles. The van der Waals surface area contributed by atoms with Crippen LogP contribution in [0.3, 0.4) is 0 Å². The van der Waals surface area contributed by atoms with Crippen molar-refractivity contribution in [3.63, 3.8) is 0 Å². The molecule has 1 aromatic carbocycles. The Labute approximate surface area is 107 Å². The Morgan fingerprint density at radius 2 is 2.06 bits per heavy atom. The largest absolute Gasteiger partial charge is 0.393 e. The van der Waals surface area contributed by atoms with Crippen molar-refractivity contribution in [2.45, 2.75) is 25.4 Å². The Morgan fingerprint density at radius 1 is 1.28 bits per heavy atom. The summed E-state index contributed by atoms with van der Waals surface area (Å²) < 4.78 is 0. The van der Waals surface area contributed by atoms with Crippen LogP contribution >= 0.6 is 0 Å². The third-order valence-electron chi connectivity index (χ3n) is 3.33. The van der Waals surface area contributed by atoms with Crippen molar-refractivity contribution < 1.29 is 9.90 Å². The zero-order valence-electron chi connectivity index (χ0n) is 10.4. The third-order valence-corrected chi connectivity index (χ3v) is 3.33. The molecule has 0 aliphatic heterocycles. The van der Waals surface area contributed by atoms with Gasteiger partial charge in [-0.25, -0.2) is 0 Å². The zero-order chi connectivity index (χ0) is 12.8. The van der Waals surface area contributed by atoms with Crippen molar-refractivity contribution in [3.8, 4) is 0 Å². The minimum absolute atomic E-state index is 0.000225. The molecule has 1 aromatic rings. The Hall–Kier alpha value is -1.55. The van der Waals surface area contributed by atoms with Crippen LogP contribution in [0.1, 0.15) is 19.3 Å². The van der Waals surface area contributed by atoms with Gasteiger partial charge in [-0.3, -0.25) is 4.79 Å². The maximum absolute atomic E-state index is 11.6. The molecule has 2 rings (SSSR count). The van der Waals surface area contributed by atoms with Crippen molar-refractivity contribution in [2.75, 3.05) is 18.4 Å². The molecule has 3 N–H and O–H groups in total. The van der Waals surface area contributed by atoms with Crippen molar-refractivity contribution >= 4 is 11.6 Å². The SMILES string of the molecule is O=C(CNc1ccccc1)NCC1CCC(O)C1. The molecule has 0 radical (unpaired) electrons. The number of para-hydroxylation sites is 1. The first-order valence-electron chi connectivity index (χ1n) is 6.47. The van der Waals surface area contributed by atoms with E-state index in [0.29, 0.717) is 19.0 Å².